The van der Waals surface area contributed by atoms with Crippen molar-refractivity contribution < 1.29 is 9.59 Å². The molecule has 2 atom stereocenters. The van der Waals surface area contributed by atoms with Crippen LogP contribution in [0.15, 0.2) is 0 Å². The molecule has 0 bridgehead atoms. The van der Waals surface area contributed by atoms with Crippen LogP contribution in [0.3, 0.4) is 0 Å². The van der Waals surface area contributed by atoms with E-state index in [-0.39, 0.29) is 23.9 Å². The smallest absolute Gasteiger partial charge is 0.243 e. The van der Waals surface area contributed by atoms with E-state index in [2.05, 4.69) is 20.4 Å². The normalized spacial score (nSPS) is 22.1. The van der Waals surface area contributed by atoms with Crippen molar-refractivity contribution in [2.45, 2.75) is 50.6 Å². The van der Waals surface area contributed by atoms with E-state index in [0.29, 0.717) is 0 Å². The minimum atomic E-state index is -0.354. The number of nitrogens with one attached hydrogen (secondary N) is 2. The second-order valence-corrected chi connectivity index (χ2v) is 6.72. The third-order valence-electron chi connectivity index (χ3n) is 3.96. The Labute approximate surface area is 134 Å². The maximum atomic E-state index is 12.1. The highest BCUT2D eigenvalue weighted by molar-refractivity contribution is 5.96. The molecular weight excluding hydrogens is 280 g/mol. The van der Waals surface area contributed by atoms with Gasteiger partial charge in [-0.1, -0.05) is 0 Å². The molecule has 1 fully saturated rings. The van der Waals surface area contributed by atoms with E-state index in [1.807, 2.05) is 28.2 Å². The molecule has 0 aliphatic carbocycles. The molecule has 2 amide bonds. The number of carbonyl (C=O) groups excluding carboxylic acids is 2. The highest BCUT2D eigenvalue weighted by Gasteiger charge is 2.32. The quantitative estimate of drug-likeness (QED) is 0.574. The number of unbranched alkanes of at least 4 members (excludes halogenated alkanes) is 2. The van der Waals surface area contributed by atoms with Gasteiger partial charge in [0, 0.05) is 0 Å². The zero-order valence-corrected chi connectivity index (χ0v) is 14.5. The fourth-order valence-electron chi connectivity index (χ4n) is 2.64. The van der Waals surface area contributed by atoms with Crippen LogP contribution in [0.25, 0.3) is 0 Å². The van der Waals surface area contributed by atoms with Crippen molar-refractivity contribution in [1.29, 1.82) is 0 Å². The summed E-state index contributed by atoms with van der Waals surface area (Å²) < 4.78 is 0. The van der Waals surface area contributed by atoms with E-state index in [9.17, 15) is 9.59 Å². The van der Waals surface area contributed by atoms with E-state index in [1.165, 1.54) is 0 Å². The van der Waals surface area contributed by atoms with E-state index < -0.39 is 0 Å². The standard InChI is InChI=1S/C16H32N4O2/c1-19(2)11-7-5-9-13-15(21)18-14(16(22)17-13)10-6-8-12-20(3)4/h13-14H,5-12H2,1-4H3,(H,17,22)(H,18,21). The fourth-order valence-corrected chi connectivity index (χ4v) is 2.64. The lowest BCUT2D eigenvalue weighted by atomic mass is 10.0. The van der Waals surface area contributed by atoms with Crippen molar-refractivity contribution in [3.05, 3.63) is 0 Å². The Kier molecular flexibility index (Phi) is 8.42. The van der Waals surface area contributed by atoms with Gasteiger partial charge >= 0.3 is 0 Å². The molecule has 0 spiro atoms. The van der Waals surface area contributed by atoms with Gasteiger partial charge in [0.1, 0.15) is 12.1 Å². The fraction of sp³-hybridized carbons (Fsp3) is 0.875. The molecular formula is C16H32N4O2. The molecule has 6 nitrogen and oxygen atoms in total. The Hall–Kier alpha value is -1.14. The molecule has 1 heterocycles. The molecule has 1 rings (SSSR count). The first-order valence-corrected chi connectivity index (χ1v) is 8.30. The second-order valence-electron chi connectivity index (χ2n) is 6.72. The van der Waals surface area contributed by atoms with Gasteiger partial charge in [-0.05, 0) is 79.8 Å². The molecule has 2 unspecified atom stereocenters. The van der Waals surface area contributed by atoms with Crippen LogP contribution in [0.4, 0.5) is 0 Å². The number of amides is 2. The maximum absolute atomic E-state index is 12.1. The summed E-state index contributed by atoms with van der Waals surface area (Å²) in [5.74, 6) is -0.0517. The molecule has 128 valence electrons. The summed E-state index contributed by atoms with van der Waals surface area (Å²) in [5.41, 5.74) is 0. The van der Waals surface area contributed by atoms with Gasteiger partial charge in [-0.3, -0.25) is 9.59 Å². The molecule has 0 saturated carbocycles. The second kappa shape index (κ2) is 9.79. The summed E-state index contributed by atoms with van der Waals surface area (Å²) in [5, 5.41) is 5.76. The van der Waals surface area contributed by atoms with Crippen molar-refractivity contribution in [2.24, 2.45) is 0 Å². The lowest BCUT2D eigenvalue weighted by Crippen LogP contribution is -2.61. The highest BCUT2D eigenvalue weighted by Crippen LogP contribution is 2.10. The van der Waals surface area contributed by atoms with E-state index in [0.717, 1.165) is 51.6 Å². The number of hydrogen-bond donors (Lipinski definition) is 2. The van der Waals surface area contributed by atoms with Crippen molar-refractivity contribution in [3.63, 3.8) is 0 Å². The Morgan fingerprint density at radius 2 is 1.09 bits per heavy atom. The first-order chi connectivity index (χ1) is 10.4. The Balaban J connectivity index is 2.25. The van der Waals surface area contributed by atoms with Crippen molar-refractivity contribution in [1.82, 2.24) is 20.4 Å². The van der Waals surface area contributed by atoms with Gasteiger partial charge in [0.05, 0.1) is 0 Å². The molecule has 0 aromatic carbocycles. The largest absolute Gasteiger partial charge is 0.343 e. The van der Waals surface area contributed by atoms with E-state index in [1.54, 1.807) is 0 Å². The zero-order valence-electron chi connectivity index (χ0n) is 14.5. The van der Waals surface area contributed by atoms with Gasteiger partial charge in [-0.25, -0.2) is 0 Å². The summed E-state index contributed by atoms with van der Waals surface area (Å²) in [6, 6.07) is -0.708. The van der Waals surface area contributed by atoms with Crippen LogP contribution in [-0.4, -0.2) is 75.0 Å². The van der Waals surface area contributed by atoms with Crippen LogP contribution in [0.5, 0.6) is 0 Å². The molecule has 1 aliphatic rings. The summed E-state index contributed by atoms with van der Waals surface area (Å²) in [7, 11) is 8.15. The van der Waals surface area contributed by atoms with Crippen molar-refractivity contribution >= 4 is 11.8 Å². The lowest BCUT2D eigenvalue weighted by molar-refractivity contribution is -0.137. The number of nitrogens with zero attached hydrogens (tertiary/aromatic N) is 2. The summed E-state index contributed by atoms with van der Waals surface area (Å²) >= 11 is 0. The minimum Gasteiger partial charge on any atom is -0.343 e. The predicted octanol–water partition coefficient (Wildman–Crippen LogP) is 0.433. The molecule has 1 aliphatic heterocycles. The number of rotatable bonds is 10. The minimum absolute atomic E-state index is 0.0259. The third-order valence-corrected chi connectivity index (χ3v) is 3.96. The summed E-state index contributed by atoms with van der Waals surface area (Å²) in [4.78, 5) is 28.4. The maximum Gasteiger partial charge on any atom is 0.243 e. The molecule has 0 aromatic rings. The Morgan fingerprint density at radius 1 is 0.727 bits per heavy atom. The molecule has 0 aromatic heterocycles. The van der Waals surface area contributed by atoms with Crippen LogP contribution in [0.1, 0.15) is 38.5 Å². The molecule has 1 saturated heterocycles. The monoisotopic (exact) mass is 312 g/mol. The number of piperazine rings is 1. The van der Waals surface area contributed by atoms with E-state index >= 15 is 0 Å². The van der Waals surface area contributed by atoms with Crippen LogP contribution < -0.4 is 10.6 Å². The average molecular weight is 312 g/mol. The average Bonchev–Trinajstić information content (AvgIpc) is 2.43. The van der Waals surface area contributed by atoms with Crippen LogP contribution >= 0.6 is 0 Å². The number of carbonyl (C=O) groups is 2. The molecule has 22 heavy (non-hydrogen) atoms. The summed E-state index contributed by atoms with van der Waals surface area (Å²) in [6.45, 7) is 2.02. The van der Waals surface area contributed by atoms with Gasteiger partial charge < -0.3 is 20.4 Å². The molecule has 6 heteroatoms. The van der Waals surface area contributed by atoms with Gasteiger partial charge in [0.2, 0.25) is 11.8 Å². The molecule has 2 N–H and O–H groups in total. The first kappa shape index (κ1) is 18.9. The molecule has 0 radical (unpaired) electrons. The van der Waals surface area contributed by atoms with Gasteiger partial charge in [-0.2, -0.15) is 0 Å². The lowest BCUT2D eigenvalue weighted by Gasteiger charge is -2.29. The SMILES string of the molecule is CN(C)CCCCC1NC(=O)C(CCCCN(C)C)NC1=O. The Morgan fingerprint density at radius 3 is 1.41 bits per heavy atom. The van der Waals surface area contributed by atoms with Crippen LogP contribution in [-0.2, 0) is 9.59 Å². The van der Waals surface area contributed by atoms with Gasteiger partial charge in [0.25, 0.3) is 0 Å². The topological polar surface area (TPSA) is 64.7 Å². The zero-order chi connectivity index (χ0) is 16.5. The van der Waals surface area contributed by atoms with Gasteiger partial charge in [-0.15, -0.1) is 0 Å². The third kappa shape index (κ3) is 7.22. The Bertz CT molecular complexity index is 324. The van der Waals surface area contributed by atoms with Crippen molar-refractivity contribution in [3.8, 4) is 0 Å². The summed E-state index contributed by atoms with van der Waals surface area (Å²) in [6.07, 6.45) is 5.42. The predicted molar refractivity (Wildman–Crippen MR) is 88.7 cm³/mol. The highest BCUT2D eigenvalue weighted by atomic mass is 16.2. The first-order valence-electron chi connectivity index (χ1n) is 8.30. The van der Waals surface area contributed by atoms with Crippen molar-refractivity contribution in [2.75, 3.05) is 41.3 Å². The number of hydrogen-bond acceptors (Lipinski definition) is 4. The van der Waals surface area contributed by atoms with E-state index in [4.69, 9.17) is 0 Å². The van der Waals surface area contributed by atoms with Crippen LogP contribution in [0.2, 0.25) is 0 Å². The van der Waals surface area contributed by atoms with Crippen LogP contribution in [0, 0.1) is 0 Å². The van der Waals surface area contributed by atoms with Gasteiger partial charge in [0.15, 0.2) is 0 Å².